The van der Waals surface area contributed by atoms with Crippen molar-refractivity contribution in [3.8, 4) is 0 Å². The summed E-state index contributed by atoms with van der Waals surface area (Å²) in [7, 11) is -3.69. The molecule has 0 radical (unpaired) electrons. The van der Waals surface area contributed by atoms with E-state index < -0.39 is 22.0 Å². The molecular weight excluding hydrogens is 424 g/mol. The normalized spacial score (nSPS) is 12.8. The van der Waals surface area contributed by atoms with Crippen LogP contribution in [-0.4, -0.2) is 48.7 Å². The predicted molar refractivity (Wildman–Crippen MR) is 118 cm³/mol. The summed E-state index contributed by atoms with van der Waals surface area (Å²) in [5, 5.41) is 5.89. The molecule has 0 aliphatic carbocycles. The van der Waals surface area contributed by atoms with Crippen LogP contribution in [-0.2, 0) is 14.8 Å². The van der Waals surface area contributed by atoms with Crippen molar-refractivity contribution in [1.29, 1.82) is 0 Å². The Balaban J connectivity index is 2.21. The summed E-state index contributed by atoms with van der Waals surface area (Å²) in [5.74, 6) is -1.08. The average Bonchev–Trinajstić information content (AvgIpc) is 3.10. The van der Waals surface area contributed by atoms with Gasteiger partial charge in [0.25, 0.3) is 5.91 Å². The van der Waals surface area contributed by atoms with Gasteiger partial charge in [-0.3, -0.25) is 9.59 Å². The standard InChI is InChI=1S/C20H28N4O4S2/c1-6-24(7-2)30(27,28)16-10-8-9-15(11-16)18(25)22-17(13(3)4)19(26)23-20-21-12-14(5)29-20/h8-13,17H,6-7H2,1-5H3,(H,22,25)(H,21,23,26)/t17-/m1/s1. The van der Waals surface area contributed by atoms with Gasteiger partial charge in [-0.15, -0.1) is 11.3 Å². The second kappa shape index (κ2) is 10.1. The number of aryl methyl sites for hydroxylation is 1. The first-order valence-electron chi connectivity index (χ1n) is 9.74. The minimum Gasteiger partial charge on any atom is -0.340 e. The van der Waals surface area contributed by atoms with Crippen LogP contribution in [0.1, 0.15) is 42.9 Å². The molecule has 0 fully saturated rings. The average molecular weight is 453 g/mol. The van der Waals surface area contributed by atoms with Crippen LogP contribution < -0.4 is 10.6 Å². The van der Waals surface area contributed by atoms with Gasteiger partial charge in [0.2, 0.25) is 15.9 Å². The van der Waals surface area contributed by atoms with Gasteiger partial charge in [0.15, 0.2) is 5.13 Å². The maximum Gasteiger partial charge on any atom is 0.251 e. The van der Waals surface area contributed by atoms with E-state index in [2.05, 4.69) is 15.6 Å². The van der Waals surface area contributed by atoms with Gasteiger partial charge in [0, 0.05) is 29.7 Å². The quantitative estimate of drug-likeness (QED) is 0.608. The van der Waals surface area contributed by atoms with Crippen LogP contribution in [0.15, 0.2) is 35.4 Å². The summed E-state index contributed by atoms with van der Waals surface area (Å²) in [6, 6.07) is 5.04. The lowest BCUT2D eigenvalue weighted by Crippen LogP contribution is -2.47. The van der Waals surface area contributed by atoms with Gasteiger partial charge in [-0.1, -0.05) is 33.8 Å². The first kappa shape index (κ1) is 24.0. The summed E-state index contributed by atoms with van der Waals surface area (Å²) in [5.41, 5.74) is 0.173. The molecule has 10 heteroatoms. The number of carbonyl (C=O) groups excluding carboxylic acids is 2. The molecule has 0 saturated carbocycles. The minimum absolute atomic E-state index is 0.0441. The molecule has 2 rings (SSSR count). The van der Waals surface area contributed by atoms with Crippen LogP contribution in [0, 0.1) is 12.8 Å². The molecule has 0 aliphatic heterocycles. The number of anilines is 1. The monoisotopic (exact) mass is 452 g/mol. The molecule has 0 saturated heterocycles. The smallest absolute Gasteiger partial charge is 0.251 e. The van der Waals surface area contributed by atoms with Crippen LogP contribution in [0.25, 0.3) is 0 Å². The van der Waals surface area contributed by atoms with E-state index in [4.69, 9.17) is 0 Å². The zero-order chi connectivity index (χ0) is 22.5. The zero-order valence-electron chi connectivity index (χ0n) is 17.8. The number of nitrogens with zero attached hydrogens (tertiary/aromatic N) is 2. The minimum atomic E-state index is -3.69. The Morgan fingerprint density at radius 3 is 2.40 bits per heavy atom. The lowest BCUT2D eigenvalue weighted by molar-refractivity contribution is -0.118. The van der Waals surface area contributed by atoms with Gasteiger partial charge in [-0.05, 0) is 31.0 Å². The van der Waals surface area contributed by atoms with Gasteiger partial charge in [-0.25, -0.2) is 13.4 Å². The molecule has 164 valence electrons. The molecule has 0 spiro atoms. The summed E-state index contributed by atoms with van der Waals surface area (Å²) in [6.07, 6.45) is 1.66. The Morgan fingerprint density at radius 2 is 1.87 bits per heavy atom. The third kappa shape index (κ3) is 5.65. The number of amides is 2. The Bertz CT molecular complexity index is 998. The summed E-state index contributed by atoms with van der Waals surface area (Å²) in [6.45, 7) is 9.70. The van der Waals surface area contributed by atoms with E-state index in [1.807, 2.05) is 20.8 Å². The first-order chi connectivity index (χ1) is 14.1. The van der Waals surface area contributed by atoms with Crippen molar-refractivity contribution in [2.24, 2.45) is 5.92 Å². The summed E-state index contributed by atoms with van der Waals surface area (Å²) < 4.78 is 26.8. The third-order valence-corrected chi connectivity index (χ3v) is 7.40. The van der Waals surface area contributed by atoms with E-state index in [1.54, 1.807) is 20.0 Å². The molecule has 1 aromatic carbocycles. The van der Waals surface area contributed by atoms with Gasteiger partial charge in [0.1, 0.15) is 6.04 Å². The van der Waals surface area contributed by atoms with E-state index >= 15 is 0 Å². The highest BCUT2D eigenvalue weighted by atomic mass is 32.2. The second-order valence-electron chi connectivity index (χ2n) is 7.08. The van der Waals surface area contributed by atoms with Crippen molar-refractivity contribution in [2.75, 3.05) is 18.4 Å². The fraction of sp³-hybridized carbons (Fsp3) is 0.450. The highest BCUT2D eigenvalue weighted by Crippen LogP contribution is 2.19. The molecule has 8 nitrogen and oxygen atoms in total. The molecular formula is C20H28N4O4S2. The molecule has 0 aliphatic rings. The van der Waals surface area contributed by atoms with E-state index in [0.29, 0.717) is 18.2 Å². The van der Waals surface area contributed by atoms with Crippen LogP contribution in [0.3, 0.4) is 0 Å². The van der Waals surface area contributed by atoms with Crippen molar-refractivity contribution in [3.63, 3.8) is 0 Å². The molecule has 2 aromatic rings. The van der Waals surface area contributed by atoms with Gasteiger partial charge >= 0.3 is 0 Å². The van der Waals surface area contributed by atoms with Crippen LogP contribution in [0.5, 0.6) is 0 Å². The first-order valence-corrected chi connectivity index (χ1v) is 12.0. The summed E-state index contributed by atoms with van der Waals surface area (Å²) in [4.78, 5) is 30.6. The number of benzene rings is 1. The number of thiazole rings is 1. The number of hydrogen-bond acceptors (Lipinski definition) is 6. The topological polar surface area (TPSA) is 108 Å². The zero-order valence-corrected chi connectivity index (χ0v) is 19.4. The second-order valence-corrected chi connectivity index (χ2v) is 10.3. The van der Waals surface area contributed by atoms with Gasteiger partial charge in [0.05, 0.1) is 4.90 Å². The Labute approximate surface area is 181 Å². The Morgan fingerprint density at radius 1 is 1.20 bits per heavy atom. The molecule has 30 heavy (non-hydrogen) atoms. The number of carbonyl (C=O) groups is 2. The van der Waals surface area contributed by atoms with Crippen LogP contribution in [0.2, 0.25) is 0 Å². The van der Waals surface area contributed by atoms with Crippen molar-refractivity contribution >= 4 is 38.3 Å². The Kier molecular flexibility index (Phi) is 8.10. The fourth-order valence-electron chi connectivity index (χ4n) is 2.87. The van der Waals surface area contributed by atoms with Gasteiger partial charge < -0.3 is 10.6 Å². The van der Waals surface area contributed by atoms with Crippen LogP contribution >= 0.6 is 11.3 Å². The number of sulfonamides is 1. The van der Waals surface area contributed by atoms with E-state index in [1.165, 1.54) is 39.9 Å². The lowest BCUT2D eigenvalue weighted by Gasteiger charge is -2.22. The summed E-state index contributed by atoms with van der Waals surface area (Å²) >= 11 is 1.34. The third-order valence-electron chi connectivity index (χ3n) is 4.53. The van der Waals surface area contributed by atoms with Crippen molar-refractivity contribution in [2.45, 2.75) is 45.6 Å². The highest BCUT2D eigenvalue weighted by molar-refractivity contribution is 7.89. The SMILES string of the molecule is CCN(CC)S(=O)(=O)c1cccc(C(=O)N[C@@H](C(=O)Nc2ncc(C)s2)C(C)C)c1. The van der Waals surface area contributed by atoms with Crippen LogP contribution in [0.4, 0.5) is 5.13 Å². The highest BCUT2D eigenvalue weighted by Gasteiger charge is 2.27. The molecule has 1 aromatic heterocycles. The molecule has 0 bridgehead atoms. The maximum absolute atomic E-state index is 12.8. The number of rotatable bonds is 9. The van der Waals surface area contributed by atoms with E-state index in [-0.39, 0.29) is 22.3 Å². The maximum atomic E-state index is 12.8. The molecule has 1 heterocycles. The fourth-order valence-corrected chi connectivity index (χ4v) is 5.04. The van der Waals surface area contributed by atoms with Crippen molar-refractivity contribution in [3.05, 3.63) is 40.9 Å². The van der Waals surface area contributed by atoms with Crippen molar-refractivity contribution < 1.29 is 18.0 Å². The van der Waals surface area contributed by atoms with Gasteiger partial charge in [-0.2, -0.15) is 4.31 Å². The number of aromatic nitrogens is 1. The number of hydrogen-bond donors (Lipinski definition) is 2. The molecule has 2 N–H and O–H groups in total. The largest absolute Gasteiger partial charge is 0.340 e. The number of nitrogens with one attached hydrogen (secondary N) is 2. The molecule has 2 amide bonds. The molecule has 0 unspecified atom stereocenters. The predicted octanol–water partition coefficient (Wildman–Crippen LogP) is 2.88. The van der Waals surface area contributed by atoms with E-state index in [9.17, 15) is 18.0 Å². The van der Waals surface area contributed by atoms with Crippen molar-refractivity contribution in [1.82, 2.24) is 14.6 Å². The Hall–Kier alpha value is -2.30. The van der Waals surface area contributed by atoms with E-state index in [0.717, 1.165) is 4.88 Å². The molecule has 1 atom stereocenters. The lowest BCUT2D eigenvalue weighted by atomic mass is 10.0.